The molecule has 0 aliphatic rings. The fraction of sp³-hybridized carbons (Fsp3) is 0.636. The third kappa shape index (κ3) is 8.03. The monoisotopic (exact) mass is 362 g/mol. The SMILES string of the molecule is CCCCCCOC(=O)CCCC(=O)Oc1c(C)cccc1C(C)(C)C. The fourth-order valence-corrected chi connectivity index (χ4v) is 2.71. The Morgan fingerprint density at radius 1 is 0.962 bits per heavy atom. The lowest BCUT2D eigenvalue weighted by Crippen LogP contribution is -2.17. The normalized spacial score (nSPS) is 11.3. The van der Waals surface area contributed by atoms with Crippen LogP contribution in [0.5, 0.6) is 5.75 Å². The second-order valence-electron chi connectivity index (χ2n) is 7.81. The topological polar surface area (TPSA) is 52.6 Å². The summed E-state index contributed by atoms with van der Waals surface area (Å²) in [5.74, 6) is 0.101. The van der Waals surface area contributed by atoms with E-state index in [1.165, 1.54) is 6.42 Å². The van der Waals surface area contributed by atoms with Crippen molar-refractivity contribution in [2.24, 2.45) is 0 Å². The van der Waals surface area contributed by atoms with E-state index in [2.05, 4.69) is 27.7 Å². The van der Waals surface area contributed by atoms with Gasteiger partial charge in [0.1, 0.15) is 5.75 Å². The number of unbranched alkanes of at least 4 members (excludes halogenated alkanes) is 3. The van der Waals surface area contributed by atoms with Crippen molar-refractivity contribution in [2.45, 2.75) is 85.0 Å². The molecule has 0 amide bonds. The molecule has 1 aromatic carbocycles. The summed E-state index contributed by atoms with van der Waals surface area (Å²) in [4.78, 5) is 23.9. The van der Waals surface area contributed by atoms with Gasteiger partial charge < -0.3 is 9.47 Å². The van der Waals surface area contributed by atoms with Gasteiger partial charge in [0.05, 0.1) is 6.61 Å². The summed E-state index contributed by atoms with van der Waals surface area (Å²) in [5, 5.41) is 0. The van der Waals surface area contributed by atoms with E-state index in [0.717, 1.165) is 30.4 Å². The molecule has 0 spiro atoms. The molecule has 0 aromatic heterocycles. The van der Waals surface area contributed by atoms with Gasteiger partial charge in [-0.2, -0.15) is 0 Å². The molecule has 0 fully saturated rings. The zero-order valence-electron chi connectivity index (χ0n) is 17.0. The highest BCUT2D eigenvalue weighted by molar-refractivity contribution is 5.75. The van der Waals surface area contributed by atoms with Crippen molar-refractivity contribution in [1.29, 1.82) is 0 Å². The Bertz CT molecular complexity index is 584. The first-order chi connectivity index (χ1) is 12.3. The maximum absolute atomic E-state index is 12.2. The standard InChI is InChI=1S/C22H34O4/c1-6-7-8-9-16-25-19(23)14-11-15-20(24)26-21-17(2)12-10-13-18(21)22(3,4)5/h10,12-13H,6-9,11,14-16H2,1-5H3. The predicted molar refractivity (Wildman–Crippen MR) is 104 cm³/mol. The van der Waals surface area contributed by atoms with Crippen LogP contribution < -0.4 is 4.74 Å². The number of carbonyl (C=O) groups is 2. The number of aryl methyl sites for hydroxylation is 1. The minimum Gasteiger partial charge on any atom is -0.466 e. The summed E-state index contributed by atoms with van der Waals surface area (Å²) in [5.41, 5.74) is 1.85. The molecule has 0 saturated heterocycles. The quantitative estimate of drug-likeness (QED) is 0.314. The Hall–Kier alpha value is -1.84. The maximum Gasteiger partial charge on any atom is 0.311 e. The van der Waals surface area contributed by atoms with Gasteiger partial charge in [-0.15, -0.1) is 0 Å². The molecular formula is C22H34O4. The van der Waals surface area contributed by atoms with Gasteiger partial charge >= 0.3 is 11.9 Å². The fourth-order valence-electron chi connectivity index (χ4n) is 2.71. The van der Waals surface area contributed by atoms with Crippen LogP contribution >= 0.6 is 0 Å². The van der Waals surface area contributed by atoms with Crippen LogP contribution in [-0.4, -0.2) is 18.5 Å². The van der Waals surface area contributed by atoms with Gasteiger partial charge in [-0.3, -0.25) is 9.59 Å². The van der Waals surface area contributed by atoms with Crippen LogP contribution in [0.3, 0.4) is 0 Å². The van der Waals surface area contributed by atoms with E-state index >= 15 is 0 Å². The van der Waals surface area contributed by atoms with Crippen molar-refractivity contribution in [3.05, 3.63) is 29.3 Å². The highest BCUT2D eigenvalue weighted by atomic mass is 16.5. The predicted octanol–water partition coefficient (Wildman–Crippen LogP) is 5.49. The second kappa shape index (κ2) is 11.0. The molecule has 0 unspecified atom stereocenters. The third-order valence-electron chi connectivity index (χ3n) is 4.26. The van der Waals surface area contributed by atoms with E-state index in [4.69, 9.17) is 9.47 Å². The molecule has 0 atom stereocenters. The van der Waals surface area contributed by atoms with E-state index < -0.39 is 0 Å². The highest BCUT2D eigenvalue weighted by Gasteiger charge is 2.21. The zero-order chi connectivity index (χ0) is 19.6. The molecule has 4 heteroatoms. The van der Waals surface area contributed by atoms with E-state index in [1.807, 2.05) is 25.1 Å². The molecule has 1 aromatic rings. The molecule has 0 radical (unpaired) electrons. The molecule has 1 rings (SSSR count). The molecule has 26 heavy (non-hydrogen) atoms. The second-order valence-corrected chi connectivity index (χ2v) is 7.81. The number of hydrogen-bond donors (Lipinski definition) is 0. The van der Waals surface area contributed by atoms with Crippen LogP contribution in [-0.2, 0) is 19.7 Å². The van der Waals surface area contributed by atoms with Gasteiger partial charge in [0, 0.05) is 18.4 Å². The van der Waals surface area contributed by atoms with E-state index in [9.17, 15) is 9.59 Å². The molecule has 0 N–H and O–H groups in total. The van der Waals surface area contributed by atoms with Gasteiger partial charge in [0.2, 0.25) is 0 Å². The molecule has 0 heterocycles. The number of rotatable bonds is 10. The Morgan fingerprint density at radius 3 is 2.31 bits per heavy atom. The molecule has 0 bridgehead atoms. The Kier molecular flexibility index (Phi) is 9.39. The summed E-state index contributed by atoms with van der Waals surface area (Å²) in [7, 11) is 0. The first kappa shape index (κ1) is 22.2. The lowest BCUT2D eigenvalue weighted by Gasteiger charge is -2.23. The van der Waals surface area contributed by atoms with Crippen molar-refractivity contribution in [2.75, 3.05) is 6.61 Å². The number of ether oxygens (including phenoxy) is 2. The number of hydrogen-bond acceptors (Lipinski definition) is 4. The minimum absolute atomic E-state index is 0.108. The summed E-state index contributed by atoms with van der Waals surface area (Å²) in [6.07, 6.45) is 5.23. The van der Waals surface area contributed by atoms with Crippen molar-refractivity contribution < 1.29 is 19.1 Å². The van der Waals surface area contributed by atoms with Crippen LogP contribution in [0.25, 0.3) is 0 Å². The van der Waals surface area contributed by atoms with Crippen LogP contribution in [0.15, 0.2) is 18.2 Å². The number of carbonyl (C=O) groups excluding carboxylic acids is 2. The summed E-state index contributed by atoms with van der Waals surface area (Å²) in [6.45, 7) is 10.8. The number of benzene rings is 1. The molecule has 0 aliphatic heterocycles. The zero-order valence-corrected chi connectivity index (χ0v) is 17.0. The number of esters is 2. The van der Waals surface area contributed by atoms with E-state index in [1.54, 1.807) is 0 Å². The molecule has 146 valence electrons. The smallest absolute Gasteiger partial charge is 0.311 e. The molecule has 0 saturated carbocycles. The average Bonchev–Trinajstić information content (AvgIpc) is 2.55. The summed E-state index contributed by atoms with van der Waals surface area (Å²) in [6, 6.07) is 5.91. The largest absolute Gasteiger partial charge is 0.466 e. The lowest BCUT2D eigenvalue weighted by atomic mass is 9.85. The lowest BCUT2D eigenvalue weighted by molar-refractivity contribution is -0.144. The number of para-hydroxylation sites is 1. The van der Waals surface area contributed by atoms with E-state index in [-0.39, 0.29) is 30.2 Å². The maximum atomic E-state index is 12.2. The molecular weight excluding hydrogens is 328 g/mol. The summed E-state index contributed by atoms with van der Waals surface area (Å²) < 4.78 is 10.8. The first-order valence-corrected chi connectivity index (χ1v) is 9.72. The Morgan fingerprint density at radius 2 is 1.65 bits per heavy atom. The van der Waals surface area contributed by atoms with Gasteiger partial charge in [-0.05, 0) is 30.7 Å². The van der Waals surface area contributed by atoms with Crippen LogP contribution in [0.2, 0.25) is 0 Å². The van der Waals surface area contributed by atoms with Crippen LogP contribution in [0, 0.1) is 6.92 Å². The van der Waals surface area contributed by atoms with Gasteiger partial charge in [-0.1, -0.05) is 65.2 Å². The Labute approximate surface area is 158 Å². The minimum atomic E-state index is -0.305. The Balaban J connectivity index is 2.41. The summed E-state index contributed by atoms with van der Waals surface area (Å²) >= 11 is 0. The molecule has 0 aliphatic carbocycles. The van der Waals surface area contributed by atoms with Crippen molar-refractivity contribution >= 4 is 11.9 Å². The van der Waals surface area contributed by atoms with Gasteiger partial charge in [-0.25, -0.2) is 0 Å². The van der Waals surface area contributed by atoms with Crippen molar-refractivity contribution in [3.63, 3.8) is 0 Å². The highest BCUT2D eigenvalue weighted by Crippen LogP contribution is 2.34. The molecule has 4 nitrogen and oxygen atoms in total. The van der Waals surface area contributed by atoms with Gasteiger partial charge in [0.25, 0.3) is 0 Å². The van der Waals surface area contributed by atoms with E-state index in [0.29, 0.717) is 18.8 Å². The first-order valence-electron chi connectivity index (χ1n) is 9.72. The third-order valence-corrected chi connectivity index (χ3v) is 4.26. The van der Waals surface area contributed by atoms with Gasteiger partial charge in [0.15, 0.2) is 0 Å². The van der Waals surface area contributed by atoms with Crippen molar-refractivity contribution in [3.8, 4) is 5.75 Å². The van der Waals surface area contributed by atoms with Crippen molar-refractivity contribution in [1.82, 2.24) is 0 Å². The van der Waals surface area contributed by atoms with Crippen LogP contribution in [0.4, 0.5) is 0 Å². The average molecular weight is 363 g/mol. The van der Waals surface area contributed by atoms with Crippen LogP contribution in [0.1, 0.15) is 83.8 Å².